The van der Waals surface area contributed by atoms with Gasteiger partial charge < -0.3 is 29.4 Å². The van der Waals surface area contributed by atoms with Crippen molar-refractivity contribution in [3.63, 3.8) is 0 Å². The summed E-state index contributed by atoms with van der Waals surface area (Å²) >= 11 is 0. The molecule has 4 aromatic carbocycles. The number of hydrogen-bond donors (Lipinski definition) is 2. The number of nitrogens with zero attached hydrogens (tertiary/aromatic N) is 1. The summed E-state index contributed by atoms with van der Waals surface area (Å²) in [6, 6.07) is 24.6. The molecule has 0 unspecified atom stereocenters. The monoisotopic (exact) mass is 620 g/mol. The van der Waals surface area contributed by atoms with Gasteiger partial charge in [-0.05, 0) is 54.4 Å². The SMILES string of the molecule is COc1cccc(NC(=O)c2cc(OCCO)c(Oc3cccc(OC)c3)c(N(CC(C)C)S(=O)(=O)c3ccccc3)c2)c1. The van der Waals surface area contributed by atoms with E-state index in [0.717, 1.165) is 0 Å². The Kier molecular flexibility index (Phi) is 10.7. The smallest absolute Gasteiger partial charge is 0.264 e. The first-order chi connectivity index (χ1) is 21.2. The van der Waals surface area contributed by atoms with Crippen LogP contribution in [-0.2, 0) is 10.0 Å². The highest BCUT2D eigenvalue weighted by atomic mass is 32.2. The lowest BCUT2D eigenvalue weighted by Crippen LogP contribution is -2.35. The van der Waals surface area contributed by atoms with Crippen LogP contribution in [-0.4, -0.2) is 53.4 Å². The fourth-order valence-electron chi connectivity index (χ4n) is 4.33. The molecular weight excluding hydrogens is 584 g/mol. The minimum atomic E-state index is -4.15. The number of ether oxygens (including phenoxy) is 4. The summed E-state index contributed by atoms with van der Waals surface area (Å²) in [6.07, 6.45) is 0. The lowest BCUT2D eigenvalue weighted by molar-refractivity contribution is 0.102. The summed E-state index contributed by atoms with van der Waals surface area (Å²) < 4.78 is 52.4. The Balaban J connectivity index is 1.94. The van der Waals surface area contributed by atoms with Crippen LogP contribution in [0, 0.1) is 5.92 Å². The first kappa shape index (κ1) is 32.2. The maximum Gasteiger partial charge on any atom is 0.264 e. The lowest BCUT2D eigenvalue weighted by Gasteiger charge is -2.29. The van der Waals surface area contributed by atoms with E-state index in [0.29, 0.717) is 22.9 Å². The van der Waals surface area contributed by atoms with Gasteiger partial charge in [0.05, 0.1) is 31.4 Å². The Morgan fingerprint density at radius 1 is 0.864 bits per heavy atom. The Labute approximate surface area is 257 Å². The summed E-state index contributed by atoms with van der Waals surface area (Å²) in [4.78, 5) is 13.7. The largest absolute Gasteiger partial charge is 0.497 e. The van der Waals surface area contributed by atoms with Gasteiger partial charge in [-0.25, -0.2) is 8.42 Å². The van der Waals surface area contributed by atoms with Crippen LogP contribution in [0.2, 0.25) is 0 Å². The van der Waals surface area contributed by atoms with Gasteiger partial charge in [0.1, 0.15) is 23.9 Å². The van der Waals surface area contributed by atoms with Crippen molar-refractivity contribution in [1.82, 2.24) is 0 Å². The minimum Gasteiger partial charge on any atom is -0.497 e. The van der Waals surface area contributed by atoms with Gasteiger partial charge in [0.15, 0.2) is 11.5 Å². The standard InChI is InChI=1S/C33H36N2O8S/c1-23(2)22-35(44(38,39)29-14-6-5-7-15-29)30-18-24(33(37)34-25-10-8-11-26(20-25)40-3)19-31(42-17-16-36)32(30)43-28-13-9-12-27(21-28)41-4/h5-15,18-21,23,36H,16-17,22H2,1-4H3,(H,34,37). The van der Waals surface area contributed by atoms with E-state index in [-0.39, 0.29) is 53.3 Å². The molecule has 0 aliphatic heterocycles. The Morgan fingerprint density at radius 3 is 2.18 bits per heavy atom. The second-order valence-corrected chi connectivity index (χ2v) is 12.0. The number of anilines is 2. The first-order valence-electron chi connectivity index (χ1n) is 13.9. The molecule has 0 radical (unpaired) electrons. The van der Waals surface area contributed by atoms with Gasteiger partial charge in [-0.1, -0.05) is 44.2 Å². The van der Waals surface area contributed by atoms with Gasteiger partial charge in [-0.3, -0.25) is 9.10 Å². The van der Waals surface area contributed by atoms with Gasteiger partial charge >= 0.3 is 0 Å². The lowest BCUT2D eigenvalue weighted by atomic mass is 10.1. The molecule has 0 heterocycles. The van der Waals surface area contributed by atoms with E-state index in [1.54, 1.807) is 66.7 Å². The van der Waals surface area contributed by atoms with Crippen LogP contribution in [0.15, 0.2) is 95.9 Å². The first-order valence-corrected chi connectivity index (χ1v) is 15.4. The number of rotatable bonds is 14. The van der Waals surface area contributed by atoms with E-state index in [4.69, 9.17) is 18.9 Å². The highest BCUT2D eigenvalue weighted by molar-refractivity contribution is 7.92. The normalized spacial score (nSPS) is 11.1. The zero-order valence-electron chi connectivity index (χ0n) is 25.0. The quantitative estimate of drug-likeness (QED) is 0.177. The van der Waals surface area contributed by atoms with E-state index >= 15 is 0 Å². The van der Waals surface area contributed by atoms with Crippen molar-refractivity contribution in [3.05, 3.63) is 96.6 Å². The molecule has 4 rings (SSSR count). The number of methoxy groups -OCH3 is 2. The van der Waals surface area contributed by atoms with E-state index < -0.39 is 15.9 Å². The van der Waals surface area contributed by atoms with Crippen molar-refractivity contribution in [2.45, 2.75) is 18.7 Å². The second kappa shape index (κ2) is 14.6. The van der Waals surface area contributed by atoms with Crippen molar-refractivity contribution in [2.24, 2.45) is 5.92 Å². The third-order valence-corrected chi connectivity index (χ3v) is 8.16. The molecule has 0 aliphatic carbocycles. The van der Waals surface area contributed by atoms with Crippen molar-refractivity contribution >= 4 is 27.3 Å². The van der Waals surface area contributed by atoms with Crippen molar-refractivity contribution in [3.8, 4) is 28.7 Å². The third kappa shape index (κ3) is 7.80. The average molecular weight is 621 g/mol. The minimum absolute atomic E-state index is 0.0461. The zero-order valence-corrected chi connectivity index (χ0v) is 25.8. The predicted molar refractivity (Wildman–Crippen MR) is 169 cm³/mol. The molecule has 11 heteroatoms. The van der Waals surface area contributed by atoms with Crippen molar-refractivity contribution in [2.75, 3.05) is 43.6 Å². The van der Waals surface area contributed by atoms with Crippen LogP contribution in [0.3, 0.4) is 0 Å². The van der Waals surface area contributed by atoms with Crippen LogP contribution in [0.1, 0.15) is 24.2 Å². The van der Waals surface area contributed by atoms with E-state index in [9.17, 15) is 18.3 Å². The van der Waals surface area contributed by atoms with E-state index in [1.807, 2.05) is 13.8 Å². The third-order valence-electron chi connectivity index (χ3n) is 6.37. The number of nitrogens with one attached hydrogen (secondary N) is 1. The number of aliphatic hydroxyl groups is 1. The maximum atomic E-state index is 14.2. The summed E-state index contributed by atoms with van der Waals surface area (Å²) in [7, 11) is -1.10. The van der Waals surface area contributed by atoms with Crippen LogP contribution in [0.4, 0.5) is 11.4 Å². The molecule has 0 bridgehead atoms. The fourth-order valence-corrected chi connectivity index (χ4v) is 5.98. The molecule has 44 heavy (non-hydrogen) atoms. The topological polar surface area (TPSA) is 124 Å². The number of benzene rings is 4. The summed E-state index contributed by atoms with van der Waals surface area (Å²) in [5.74, 6) is 0.880. The molecule has 0 fully saturated rings. The van der Waals surface area contributed by atoms with Gasteiger partial charge in [-0.15, -0.1) is 0 Å². The van der Waals surface area contributed by atoms with Crippen molar-refractivity contribution < 1.29 is 37.3 Å². The number of aliphatic hydroxyl groups excluding tert-OH is 1. The molecule has 0 saturated heterocycles. The van der Waals surface area contributed by atoms with Crippen LogP contribution < -0.4 is 28.6 Å². The highest BCUT2D eigenvalue weighted by Crippen LogP contribution is 2.44. The molecule has 0 aromatic heterocycles. The molecule has 2 N–H and O–H groups in total. The van der Waals surface area contributed by atoms with Gasteiger partial charge in [0, 0.05) is 29.9 Å². The zero-order chi connectivity index (χ0) is 31.7. The number of carbonyl (C=O) groups excluding carboxylic acids is 1. The highest BCUT2D eigenvalue weighted by Gasteiger charge is 2.31. The molecule has 0 aliphatic rings. The second-order valence-electron chi connectivity index (χ2n) is 10.1. The molecule has 232 valence electrons. The van der Waals surface area contributed by atoms with Crippen LogP contribution >= 0.6 is 0 Å². The van der Waals surface area contributed by atoms with E-state index in [2.05, 4.69) is 5.32 Å². The summed E-state index contributed by atoms with van der Waals surface area (Å²) in [5.41, 5.74) is 0.656. The molecule has 10 nitrogen and oxygen atoms in total. The average Bonchev–Trinajstić information content (AvgIpc) is 3.03. The van der Waals surface area contributed by atoms with Crippen LogP contribution in [0.5, 0.6) is 28.7 Å². The number of amides is 1. The van der Waals surface area contributed by atoms with Gasteiger partial charge in [0.2, 0.25) is 0 Å². The van der Waals surface area contributed by atoms with Crippen molar-refractivity contribution in [1.29, 1.82) is 0 Å². The number of hydrogen-bond acceptors (Lipinski definition) is 8. The molecule has 4 aromatic rings. The molecule has 0 saturated carbocycles. The molecule has 0 atom stereocenters. The Morgan fingerprint density at radius 2 is 1.52 bits per heavy atom. The van der Waals surface area contributed by atoms with Crippen LogP contribution in [0.25, 0.3) is 0 Å². The Bertz CT molecular complexity index is 1680. The van der Waals surface area contributed by atoms with Gasteiger partial charge in [0.25, 0.3) is 15.9 Å². The summed E-state index contributed by atoms with van der Waals surface area (Å²) in [6.45, 7) is 3.38. The molecule has 0 spiro atoms. The van der Waals surface area contributed by atoms with Gasteiger partial charge in [-0.2, -0.15) is 0 Å². The fraction of sp³-hybridized carbons (Fsp3) is 0.242. The number of sulfonamides is 1. The molecule has 1 amide bonds. The van der Waals surface area contributed by atoms with E-state index in [1.165, 1.54) is 42.8 Å². The maximum absolute atomic E-state index is 14.2. The number of carbonyl (C=O) groups is 1. The Hall–Kier alpha value is -4.74. The summed E-state index contributed by atoms with van der Waals surface area (Å²) in [5, 5.41) is 12.4. The predicted octanol–water partition coefficient (Wildman–Crippen LogP) is 5.97. The molecular formula is C33H36N2O8S.